The van der Waals surface area contributed by atoms with Gasteiger partial charge in [0, 0.05) is 13.0 Å². The van der Waals surface area contributed by atoms with Crippen LogP contribution in [0.2, 0.25) is 0 Å². The molecule has 2 aromatic carbocycles. The summed E-state index contributed by atoms with van der Waals surface area (Å²) in [5.41, 5.74) is 9.22. The summed E-state index contributed by atoms with van der Waals surface area (Å²) in [6, 6.07) is 14.0. The monoisotopic (exact) mass is 285 g/mol. The van der Waals surface area contributed by atoms with E-state index in [0.717, 1.165) is 23.5 Å². The number of nitrogens with two attached hydrogens (primary N) is 1. The smallest absolute Gasteiger partial charge is 0.119 e. The Morgan fingerprint density at radius 2 is 1.57 bits per heavy atom. The molecule has 0 aliphatic rings. The molecule has 2 rings (SSSR count). The average Bonchev–Trinajstić information content (AvgIpc) is 2.50. The van der Waals surface area contributed by atoms with Gasteiger partial charge in [-0.1, -0.05) is 18.2 Å². The molecule has 0 unspecified atom stereocenters. The second kappa shape index (κ2) is 7.70. The first-order valence-corrected chi connectivity index (χ1v) is 7.31. The molecule has 0 aromatic heterocycles. The topological polar surface area (TPSA) is 44.5 Å². The van der Waals surface area contributed by atoms with E-state index >= 15 is 0 Å². The van der Waals surface area contributed by atoms with E-state index in [1.54, 1.807) is 0 Å². The first kappa shape index (κ1) is 15.4. The first-order valence-electron chi connectivity index (χ1n) is 7.31. The zero-order valence-corrected chi connectivity index (χ0v) is 12.8. The molecule has 0 bridgehead atoms. The van der Waals surface area contributed by atoms with Crippen LogP contribution in [0.1, 0.15) is 23.1 Å². The van der Waals surface area contributed by atoms with Crippen molar-refractivity contribution in [3.8, 4) is 11.5 Å². The molecule has 3 heteroatoms. The molecule has 0 heterocycles. The van der Waals surface area contributed by atoms with E-state index in [0.29, 0.717) is 19.8 Å². The number of aryl methyl sites for hydroxylation is 2. The van der Waals surface area contributed by atoms with Gasteiger partial charge < -0.3 is 15.2 Å². The van der Waals surface area contributed by atoms with Crippen LogP contribution in [-0.2, 0) is 6.54 Å². The Labute approximate surface area is 126 Å². The highest BCUT2D eigenvalue weighted by atomic mass is 16.5. The first-order chi connectivity index (χ1) is 10.2. The predicted molar refractivity (Wildman–Crippen MR) is 85.9 cm³/mol. The van der Waals surface area contributed by atoms with Gasteiger partial charge in [0.25, 0.3) is 0 Å². The lowest BCUT2D eigenvalue weighted by molar-refractivity contribution is 0.247. The lowest BCUT2D eigenvalue weighted by Crippen LogP contribution is -2.05. The van der Waals surface area contributed by atoms with E-state index in [-0.39, 0.29) is 0 Å². The summed E-state index contributed by atoms with van der Waals surface area (Å²) in [5.74, 6) is 1.78. The highest BCUT2D eigenvalue weighted by Gasteiger charge is 1.99. The van der Waals surface area contributed by atoms with Crippen molar-refractivity contribution in [2.24, 2.45) is 5.73 Å². The highest BCUT2D eigenvalue weighted by molar-refractivity contribution is 5.33. The fourth-order valence-electron chi connectivity index (χ4n) is 2.00. The second-order valence-electron chi connectivity index (χ2n) is 5.15. The molecule has 112 valence electrons. The van der Waals surface area contributed by atoms with E-state index in [1.807, 2.05) is 30.3 Å². The second-order valence-corrected chi connectivity index (χ2v) is 5.15. The van der Waals surface area contributed by atoms with Gasteiger partial charge in [0.15, 0.2) is 0 Å². The minimum atomic E-state index is 0.535. The maximum atomic E-state index is 5.72. The van der Waals surface area contributed by atoms with Crippen LogP contribution >= 0.6 is 0 Å². The largest absolute Gasteiger partial charge is 0.493 e. The average molecular weight is 285 g/mol. The molecule has 0 aliphatic heterocycles. The fourth-order valence-corrected chi connectivity index (χ4v) is 2.00. The summed E-state index contributed by atoms with van der Waals surface area (Å²) in [6.07, 6.45) is 0.847. The molecule has 0 atom stereocenters. The van der Waals surface area contributed by atoms with Gasteiger partial charge in [0.1, 0.15) is 11.5 Å². The fraction of sp³-hybridized carbons (Fsp3) is 0.333. The van der Waals surface area contributed by atoms with Crippen molar-refractivity contribution in [2.45, 2.75) is 26.8 Å². The van der Waals surface area contributed by atoms with Crippen molar-refractivity contribution in [2.75, 3.05) is 13.2 Å². The summed E-state index contributed by atoms with van der Waals surface area (Å²) >= 11 is 0. The van der Waals surface area contributed by atoms with E-state index in [4.69, 9.17) is 15.2 Å². The van der Waals surface area contributed by atoms with Crippen LogP contribution in [0.25, 0.3) is 0 Å². The van der Waals surface area contributed by atoms with Crippen molar-refractivity contribution in [1.29, 1.82) is 0 Å². The van der Waals surface area contributed by atoms with Crippen molar-refractivity contribution in [1.82, 2.24) is 0 Å². The van der Waals surface area contributed by atoms with Gasteiger partial charge in [-0.05, 0) is 54.8 Å². The predicted octanol–water partition coefficient (Wildman–Crippen LogP) is 3.61. The molecule has 2 N–H and O–H groups in total. The Bertz CT molecular complexity index is 581. The molecule has 0 fully saturated rings. The van der Waals surface area contributed by atoms with Crippen molar-refractivity contribution in [3.63, 3.8) is 0 Å². The number of ether oxygens (including phenoxy) is 2. The minimum Gasteiger partial charge on any atom is -0.493 e. The minimum absolute atomic E-state index is 0.535. The SMILES string of the molecule is Cc1ccc(OCCCOc2cccc(CN)c2)cc1C. The molecule has 0 saturated heterocycles. The molecule has 3 nitrogen and oxygen atoms in total. The molecular weight excluding hydrogens is 262 g/mol. The Morgan fingerprint density at radius 3 is 2.24 bits per heavy atom. The molecule has 0 aliphatic carbocycles. The highest BCUT2D eigenvalue weighted by Crippen LogP contribution is 2.17. The van der Waals surface area contributed by atoms with Crippen molar-refractivity contribution >= 4 is 0 Å². The van der Waals surface area contributed by atoms with E-state index in [2.05, 4.69) is 26.0 Å². The number of hydrogen-bond donors (Lipinski definition) is 1. The summed E-state index contributed by atoms with van der Waals surface area (Å²) < 4.78 is 11.4. The lowest BCUT2D eigenvalue weighted by Gasteiger charge is -2.10. The maximum absolute atomic E-state index is 5.72. The normalized spacial score (nSPS) is 10.4. The molecule has 0 radical (unpaired) electrons. The summed E-state index contributed by atoms with van der Waals surface area (Å²) in [7, 11) is 0. The van der Waals surface area contributed by atoms with Crippen LogP contribution < -0.4 is 15.2 Å². The van der Waals surface area contributed by atoms with Crippen molar-refractivity contribution in [3.05, 3.63) is 59.2 Å². The van der Waals surface area contributed by atoms with Crippen LogP contribution in [0.4, 0.5) is 0 Å². The molecular formula is C18H23NO2. The summed E-state index contributed by atoms with van der Waals surface area (Å²) in [4.78, 5) is 0. The van der Waals surface area contributed by atoms with Gasteiger partial charge in [-0.3, -0.25) is 0 Å². The molecule has 0 amide bonds. The van der Waals surface area contributed by atoms with Crippen LogP contribution in [0.3, 0.4) is 0 Å². The number of benzene rings is 2. The van der Waals surface area contributed by atoms with E-state index < -0.39 is 0 Å². The summed E-state index contributed by atoms with van der Waals surface area (Å²) in [6.45, 7) is 6.02. The van der Waals surface area contributed by atoms with E-state index in [1.165, 1.54) is 11.1 Å². The standard InChI is InChI=1S/C18H23NO2/c1-14-7-8-18(11-15(14)2)21-10-4-9-20-17-6-3-5-16(12-17)13-19/h3,5-8,11-12H,4,9-10,13,19H2,1-2H3. The van der Waals surface area contributed by atoms with Crippen LogP contribution in [0.5, 0.6) is 11.5 Å². The zero-order valence-electron chi connectivity index (χ0n) is 12.8. The Hall–Kier alpha value is -2.00. The van der Waals surface area contributed by atoms with Gasteiger partial charge in [-0.2, -0.15) is 0 Å². The third kappa shape index (κ3) is 4.80. The Morgan fingerprint density at radius 1 is 0.857 bits per heavy atom. The molecule has 21 heavy (non-hydrogen) atoms. The quantitative estimate of drug-likeness (QED) is 0.790. The van der Waals surface area contributed by atoms with Crippen LogP contribution in [0.15, 0.2) is 42.5 Å². The van der Waals surface area contributed by atoms with Gasteiger partial charge in [-0.15, -0.1) is 0 Å². The Kier molecular flexibility index (Phi) is 5.64. The van der Waals surface area contributed by atoms with Gasteiger partial charge in [0.05, 0.1) is 13.2 Å². The lowest BCUT2D eigenvalue weighted by atomic mass is 10.1. The molecule has 0 spiro atoms. The molecule has 0 saturated carbocycles. The van der Waals surface area contributed by atoms with Crippen molar-refractivity contribution < 1.29 is 9.47 Å². The molecule has 2 aromatic rings. The van der Waals surface area contributed by atoms with E-state index in [9.17, 15) is 0 Å². The van der Waals surface area contributed by atoms with Gasteiger partial charge >= 0.3 is 0 Å². The zero-order chi connectivity index (χ0) is 15.1. The van der Waals surface area contributed by atoms with Crippen LogP contribution in [-0.4, -0.2) is 13.2 Å². The maximum Gasteiger partial charge on any atom is 0.119 e. The summed E-state index contributed by atoms with van der Waals surface area (Å²) in [5, 5.41) is 0. The third-order valence-electron chi connectivity index (χ3n) is 3.44. The van der Waals surface area contributed by atoms with Crippen LogP contribution in [0, 0.1) is 13.8 Å². The Balaban J connectivity index is 1.71. The van der Waals surface area contributed by atoms with Gasteiger partial charge in [-0.25, -0.2) is 0 Å². The third-order valence-corrected chi connectivity index (χ3v) is 3.44. The van der Waals surface area contributed by atoms with Gasteiger partial charge in [0.2, 0.25) is 0 Å². The number of hydrogen-bond acceptors (Lipinski definition) is 3. The number of rotatable bonds is 7.